The van der Waals surface area contributed by atoms with Gasteiger partial charge in [0, 0.05) is 23.6 Å². The largest absolute Gasteiger partial charge is 0.335 e. The minimum Gasteiger partial charge on any atom is -0.335 e. The number of carbonyl (C=O) groups excluding carboxylic acids is 2. The monoisotopic (exact) mass is 446 g/mol. The van der Waals surface area contributed by atoms with Crippen LogP contribution in [-0.4, -0.2) is 32.9 Å². The Bertz CT molecular complexity index is 1110. The lowest BCUT2D eigenvalue weighted by molar-refractivity contribution is -0.384. The van der Waals surface area contributed by atoms with Crippen LogP contribution in [0.25, 0.3) is 10.2 Å². The molecule has 1 aliphatic carbocycles. The van der Waals surface area contributed by atoms with Gasteiger partial charge in [0.25, 0.3) is 5.69 Å². The van der Waals surface area contributed by atoms with Crippen molar-refractivity contribution in [3.63, 3.8) is 0 Å². The number of anilines is 2. The summed E-state index contributed by atoms with van der Waals surface area (Å²) in [7, 11) is 0. The molecule has 1 aliphatic rings. The summed E-state index contributed by atoms with van der Waals surface area (Å²) < 4.78 is 0.618. The molecule has 0 atom stereocenters. The van der Waals surface area contributed by atoms with Crippen LogP contribution in [0.3, 0.4) is 0 Å². The Hall–Kier alpha value is -3.12. The highest BCUT2D eigenvalue weighted by atomic mass is 32.1. The lowest BCUT2D eigenvalue weighted by Crippen LogP contribution is -2.36. The van der Waals surface area contributed by atoms with Gasteiger partial charge in [0.15, 0.2) is 10.3 Å². The Morgan fingerprint density at radius 2 is 1.97 bits per heavy atom. The van der Waals surface area contributed by atoms with E-state index in [2.05, 4.69) is 25.9 Å². The van der Waals surface area contributed by atoms with Crippen molar-refractivity contribution in [3.8, 4) is 0 Å². The smallest absolute Gasteiger partial charge is 0.321 e. The summed E-state index contributed by atoms with van der Waals surface area (Å²) in [4.78, 5) is 43.3. The van der Waals surface area contributed by atoms with Gasteiger partial charge < -0.3 is 10.6 Å². The average molecular weight is 447 g/mol. The van der Waals surface area contributed by atoms with Gasteiger partial charge >= 0.3 is 6.03 Å². The van der Waals surface area contributed by atoms with Gasteiger partial charge in [-0.25, -0.2) is 14.8 Å². The van der Waals surface area contributed by atoms with Gasteiger partial charge in [0.1, 0.15) is 0 Å². The standard InChI is InChI=1S/C18H18N6O4S2/c25-15(22-18-21-13-6-5-12(24(27)28)8-14(13)30-18)7-11-9-29-17(20-11)23-16(26)19-10-3-1-2-4-10/h5-6,8-10H,1-4,7H2,(H,21,22,25)(H2,19,20,23,26). The normalized spacial score (nSPS) is 14.0. The number of amides is 3. The molecule has 30 heavy (non-hydrogen) atoms. The van der Waals surface area contributed by atoms with Crippen LogP contribution < -0.4 is 16.0 Å². The van der Waals surface area contributed by atoms with Crippen molar-refractivity contribution in [1.29, 1.82) is 0 Å². The van der Waals surface area contributed by atoms with E-state index in [1.165, 1.54) is 34.8 Å². The van der Waals surface area contributed by atoms with Crippen LogP contribution in [0.5, 0.6) is 0 Å². The molecule has 10 nitrogen and oxygen atoms in total. The Morgan fingerprint density at radius 1 is 1.17 bits per heavy atom. The maximum Gasteiger partial charge on any atom is 0.321 e. The molecule has 12 heteroatoms. The Kier molecular flexibility index (Phi) is 5.86. The maximum absolute atomic E-state index is 12.3. The molecule has 3 aromatic rings. The third-order valence-corrected chi connectivity index (χ3v) is 6.37. The fraction of sp³-hybridized carbons (Fsp3) is 0.333. The molecule has 1 aromatic carbocycles. The summed E-state index contributed by atoms with van der Waals surface area (Å²) >= 11 is 2.42. The van der Waals surface area contributed by atoms with E-state index in [0.29, 0.717) is 26.2 Å². The molecule has 0 saturated heterocycles. The minimum atomic E-state index is -0.473. The molecule has 156 valence electrons. The van der Waals surface area contributed by atoms with Gasteiger partial charge in [-0.1, -0.05) is 24.2 Å². The van der Waals surface area contributed by atoms with Crippen LogP contribution in [0, 0.1) is 10.1 Å². The highest BCUT2D eigenvalue weighted by Gasteiger charge is 2.18. The highest BCUT2D eigenvalue weighted by Crippen LogP contribution is 2.29. The number of aromatic nitrogens is 2. The van der Waals surface area contributed by atoms with Gasteiger partial charge in [-0.2, -0.15) is 0 Å². The van der Waals surface area contributed by atoms with Crippen LogP contribution in [0.4, 0.5) is 20.7 Å². The number of hydrogen-bond donors (Lipinski definition) is 3. The molecular weight excluding hydrogens is 428 g/mol. The fourth-order valence-electron chi connectivity index (χ4n) is 3.24. The Morgan fingerprint density at radius 3 is 2.73 bits per heavy atom. The molecule has 0 spiro atoms. The Balaban J connectivity index is 1.32. The number of thiazole rings is 2. The summed E-state index contributed by atoms with van der Waals surface area (Å²) in [6.45, 7) is 0. The second-order valence-corrected chi connectivity index (χ2v) is 8.77. The highest BCUT2D eigenvalue weighted by molar-refractivity contribution is 7.22. The van der Waals surface area contributed by atoms with Crippen LogP contribution in [0.2, 0.25) is 0 Å². The molecule has 0 aliphatic heterocycles. The van der Waals surface area contributed by atoms with E-state index in [1.54, 1.807) is 11.4 Å². The average Bonchev–Trinajstić information content (AvgIpc) is 3.42. The predicted octanol–water partition coefficient (Wildman–Crippen LogP) is 3.91. The van der Waals surface area contributed by atoms with Gasteiger partial charge in [-0.15, -0.1) is 11.3 Å². The molecule has 1 fully saturated rings. The first kappa shape index (κ1) is 20.2. The number of fused-ring (bicyclic) bond motifs is 1. The molecule has 1 saturated carbocycles. The minimum absolute atomic E-state index is 0.0245. The third kappa shape index (κ3) is 4.89. The van der Waals surface area contributed by atoms with Crippen molar-refractivity contribution in [2.24, 2.45) is 0 Å². The first-order valence-corrected chi connectivity index (χ1v) is 11.0. The van der Waals surface area contributed by atoms with Gasteiger partial charge in [0.2, 0.25) is 5.91 Å². The van der Waals surface area contributed by atoms with E-state index in [-0.39, 0.29) is 30.1 Å². The van der Waals surface area contributed by atoms with E-state index < -0.39 is 4.92 Å². The number of nitrogens with zero attached hydrogens (tertiary/aromatic N) is 3. The number of non-ortho nitro benzene ring substituents is 1. The van der Waals surface area contributed by atoms with Crippen molar-refractivity contribution in [1.82, 2.24) is 15.3 Å². The Labute approximate surface area is 178 Å². The van der Waals surface area contributed by atoms with E-state index in [4.69, 9.17) is 0 Å². The first-order valence-electron chi connectivity index (χ1n) is 9.33. The molecule has 0 bridgehead atoms. The zero-order chi connectivity index (χ0) is 21.1. The molecule has 4 rings (SSSR count). The number of rotatable bonds is 6. The summed E-state index contributed by atoms with van der Waals surface area (Å²) in [6.07, 6.45) is 4.28. The second kappa shape index (κ2) is 8.71. The van der Waals surface area contributed by atoms with Crippen molar-refractivity contribution in [2.45, 2.75) is 38.1 Å². The summed E-state index contributed by atoms with van der Waals surface area (Å²) in [6, 6.07) is 4.29. The molecule has 3 N–H and O–H groups in total. The number of nitrogens with one attached hydrogen (secondary N) is 3. The molecule has 3 amide bonds. The van der Waals surface area contributed by atoms with Gasteiger partial charge in [-0.3, -0.25) is 20.2 Å². The number of carbonyl (C=O) groups is 2. The lowest BCUT2D eigenvalue weighted by atomic mass is 10.3. The van der Waals surface area contributed by atoms with Gasteiger partial charge in [0.05, 0.1) is 27.3 Å². The molecular formula is C18H18N6O4S2. The van der Waals surface area contributed by atoms with E-state index in [0.717, 1.165) is 25.7 Å². The number of nitro groups is 1. The number of nitro benzene ring substituents is 1. The maximum atomic E-state index is 12.3. The summed E-state index contributed by atoms with van der Waals surface area (Å²) in [5, 5.41) is 21.7. The van der Waals surface area contributed by atoms with Crippen LogP contribution in [0.1, 0.15) is 31.4 Å². The zero-order valence-electron chi connectivity index (χ0n) is 15.7. The van der Waals surface area contributed by atoms with E-state index in [9.17, 15) is 19.7 Å². The van der Waals surface area contributed by atoms with Gasteiger partial charge in [-0.05, 0) is 18.9 Å². The topological polar surface area (TPSA) is 139 Å². The molecule has 0 radical (unpaired) electrons. The van der Waals surface area contributed by atoms with Crippen molar-refractivity contribution >= 4 is 60.8 Å². The number of hydrogen-bond acceptors (Lipinski definition) is 8. The number of benzene rings is 1. The third-order valence-electron chi connectivity index (χ3n) is 4.63. The second-order valence-electron chi connectivity index (χ2n) is 6.88. The first-order chi connectivity index (χ1) is 14.5. The van der Waals surface area contributed by atoms with Crippen LogP contribution in [0.15, 0.2) is 23.6 Å². The van der Waals surface area contributed by atoms with Crippen molar-refractivity contribution in [2.75, 3.05) is 10.6 Å². The molecule has 2 aromatic heterocycles. The predicted molar refractivity (Wildman–Crippen MR) is 115 cm³/mol. The zero-order valence-corrected chi connectivity index (χ0v) is 17.3. The summed E-state index contributed by atoms with van der Waals surface area (Å²) in [5.41, 5.74) is 1.09. The van der Waals surface area contributed by atoms with Crippen molar-refractivity contribution in [3.05, 3.63) is 39.4 Å². The fourth-order valence-corrected chi connectivity index (χ4v) is 4.86. The molecule has 2 heterocycles. The quantitative estimate of drug-likeness (QED) is 0.387. The van der Waals surface area contributed by atoms with E-state index in [1.807, 2.05) is 0 Å². The van der Waals surface area contributed by atoms with E-state index >= 15 is 0 Å². The van der Waals surface area contributed by atoms with Crippen molar-refractivity contribution < 1.29 is 14.5 Å². The summed E-state index contributed by atoms with van der Waals surface area (Å²) in [5.74, 6) is -0.309. The number of urea groups is 1. The van der Waals surface area contributed by atoms with Crippen LogP contribution in [-0.2, 0) is 11.2 Å². The SMILES string of the molecule is O=C(Cc1csc(NC(=O)NC2CCCC2)n1)Nc1nc2ccc([N+](=O)[O-])cc2s1. The molecule has 0 unspecified atom stereocenters. The van der Waals surface area contributed by atoms with Crippen LogP contribution >= 0.6 is 22.7 Å². The lowest BCUT2D eigenvalue weighted by Gasteiger charge is -2.11.